The quantitative estimate of drug-likeness (QED) is 0.204. The summed E-state index contributed by atoms with van der Waals surface area (Å²) in [7, 11) is -3.82. The molecule has 0 heterocycles. The number of anilines is 1. The van der Waals surface area contributed by atoms with Crippen molar-refractivity contribution in [1.29, 1.82) is 0 Å². The average molecular weight is 560 g/mol. The number of hydrogen-bond acceptors (Lipinski definition) is 6. The van der Waals surface area contributed by atoms with Gasteiger partial charge in [-0.05, 0) is 46.9 Å². The molecule has 9 nitrogen and oxygen atoms in total. The lowest BCUT2D eigenvalue weighted by molar-refractivity contribution is -0.384. The van der Waals surface area contributed by atoms with Gasteiger partial charge in [0.1, 0.15) is 12.4 Å². The standard InChI is InChI=1S/C27H30ClN3O6S/c1-27(2,3)21-9-12-23(13-10-21)37-16-15-29-26(32)20-7-5-19(6-8-20)18-30(38(4,35)36)25-17-22(31(33)34)11-14-24(25)28/h5-14,17H,15-16,18H2,1-4H3,(H,29,32). The van der Waals surface area contributed by atoms with Crippen LogP contribution in [0, 0.1) is 10.1 Å². The summed E-state index contributed by atoms with van der Waals surface area (Å²) in [5.74, 6) is 0.417. The molecule has 0 spiro atoms. The van der Waals surface area contributed by atoms with Crippen molar-refractivity contribution in [1.82, 2.24) is 5.32 Å². The molecular weight excluding hydrogens is 530 g/mol. The van der Waals surface area contributed by atoms with E-state index in [1.165, 1.54) is 17.7 Å². The van der Waals surface area contributed by atoms with Crippen LogP contribution >= 0.6 is 11.6 Å². The molecule has 202 valence electrons. The molecule has 0 bridgehead atoms. The summed E-state index contributed by atoms with van der Waals surface area (Å²) >= 11 is 6.17. The molecule has 0 radical (unpaired) electrons. The number of nitrogens with zero attached hydrogens (tertiary/aromatic N) is 2. The minimum absolute atomic E-state index is 0.00164. The van der Waals surface area contributed by atoms with Crippen molar-refractivity contribution in [2.75, 3.05) is 23.7 Å². The molecule has 0 atom stereocenters. The molecule has 38 heavy (non-hydrogen) atoms. The maximum absolute atomic E-state index is 12.5. The number of halogens is 1. The fraction of sp³-hybridized carbons (Fsp3) is 0.296. The molecule has 1 N–H and O–H groups in total. The zero-order valence-corrected chi connectivity index (χ0v) is 23.2. The van der Waals surface area contributed by atoms with Gasteiger partial charge < -0.3 is 10.1 Å². The summed E-state index contributed by atoms with van der Waals surface area (Å²) < 4.78 is 31.6. The number of non-ortho nitro benzene ring substituents is 1. The number of nitro groups is 1. The van der Waals surface area contributed by atoms with Crippen LogP contribution in [0.4, 0.5) is 11.4 Å². The third-order valence-corrected chi connectivity index (χ3v) is 7.17. The van der Waals surface area contributed by atoms with E-state index in [2.05, 4.69) is 26.1 Å². The van der Waals surface area contributed by atoms with Gasteiger partial charge in [0.25, 0.3) is 11.6 Å². The summed E-state index contributed by atoms with van der Waals surface area (Å²) in [5, 5.41) is 14.0. The van der Waals surface area contributed by atoms with Crippen LogP contribution in [0.2, 0.25) is 5.02 Å². The van der Waals surface area contributed by atoms with E-state index >= 15 is 0 Å². The zero-order chi connectivity index (χ0) is 28.1. The second-order valence-corrected chi connectivity index (χ2v) is 12.1. The molecule has 1 amide bonds. The molecular formula is C27H30ClN3O6S. The van der Waals surface area contributed by atoms with Crippen LogP contribution in [-0.2, 0) is 22.0 Å². The van der Waals surface area contributed by atoms with E-state index in [-0.39, 0.29) is 34.3 Å². The molecule has 0 aliphatic rings. The van der Waals surface area contributed by atoms with Gasteiger partial charge in [-0.25, -0.2) is 8.42 Å². The summed E-state index contributed by atoms with van der Waals surface area (Å²) in [6, 6.07) is 17.8. The number of amides is 1. The Hall–Kier alpha value is -3.63. The fourth-order valence-corrected chi connectivity index (χ4v) is 4.76. The lowest BCUT2D eigenvalue weighted by Crippen LogP contribution is -2.30. The Labute approximate surface area is 227 Å². The number of sulfonamides is 1. The van der Waals surface area contributed by atoms with E-state index in [1.807, 2.05) is 24.3 Å². The van der Waals surface area contributed by atoms with Gasteiger partial charge >= 0.3 is 0 Å². The zero-order valence-electron chi connectivity index (χ0n) is 21.6. The molecule has 3 aromatic carbocycles. The first kappa shape index (κ1) is 28.9. The topological polar surface area (TPSA) is 119 Å². The molecule has 0 saturated carbocycles. The maximum atomic E-state index is 12.5. The Morgan fingerprint density at radius 2 is 1.68 bits per heavy atom. The normalized spacial score (nSPS) is 11.6. The highest BCUT2D eigenvalue weighted by atomic mass is 35.5. The number of carbonyl (C=O) groups is 1. The number of nitro benzene ring substituents is 1. The van der Waals surface area contributed by atoms with Crippen molar-refractivity contribution in [3.8, 4) is 5.75 Å². The predicted molar refractivity (Wildman–Crippen MR) is 149 cm³/mol. The van der Waals surface area contributed by atoms with Gasteiger partial charge in [-0.3, -0.25) is 19.2 Å². The van der Waals surface area contributed by atoms with Crippen LogP contribution in [0.3, 0.4) is 0 Å². The van der Waals surface area contributed by atoms with Crippen molar-refractivity contribution >= 4 is 38.9 Å². The number of benzene rings is 3. The highest BCUT2D eigenvalue weighted by Gasteiger charge is 2.23. The monoisotopic (exact) mass is 559 g/mol. The molecule has 0 saturated heterocycles. The number of carbonyl (C=O) groups excluding carboxylic acids is 1. The van der Waals surface area contributed by atoms with Crippen molar-refractivity contribution in [3.05, 3.63) is 98.6 Å². The van der Waals surface area contributed by atoms with Crippen molar-refractivity contribution < 1.29 is 22.9 Å². The minimum Gasteiger partial charge on any atom is -0.492 e. The first-order chi connectivity index (χ1) is 17.8. The SMILES string of the molecule is CC(C)(C)c1ccc(OCCNC(=O)c2ccc(CN(c3cc([N+](=O)[O-])ccc3Cl)S(C)(=O)=O)cc2)cc1. The first-order valence-corrected chi connectivity index (χ1v) is 14.0. The summed E-state index contributed by atoms with van der Waals surface area (Å²) in [5.41, 5.74) is 1.93. The lowest BCUT2D eigenvalue weighted by atomic mass is 9.87. The minimum atomic E-state index is -3.82. The third-order valence-electron chi connectivity index (χ3n) is 5.73. The van der Waals surface area contributed by atoms with E-state index < -0.39 is 14.9 Å². The van der Waals surface area contributed by atoms with Crippen LogP contribution < -0.4 is 14.4 Å². The van der Waals surface area contributed by atoms with Crippen molar-refractivity contribution in [3.63, 3.8) is 0 Å². The van der Waals surface area contributed by atoms with Gasteiger partial charge in [-0.2, -0.15) is 0 Å². The molecule has 11 heteroatoms. The summed E-state index contributed by atoms with van der Waals surface area (Å²) in [6.45, 7) is 6.89. The van der Waals surface area contributed by atoms with E-state index in [4.69, 9.17) is 16.3 Å². The Bertz CT molecular complexity index is 1400. The van der Waals surface area contributed by atoms with E-state index in [1.54, 1.807) is 24.3 Å². The molecule has 3 aromatic rings. The van der Waals surface area contributed by atoms with Crippen molar-refractivity contribution in [2.45, 2.75) is 32.7 Å². The Balaban J connectivity index is 1.60. The van der Waals surface area contributed by atoms with Gasteiger partial charge in [0.2, 0.25) is 10.0 Å². The number of hydrogen-bond donors (Lipinski definition) is 1. The second-order valence-electron chi connectivity index (χ2n) is 9.74. The second kappa shape index (κ2) is 11.8. The largest absolute Gasteiger partial charge is 0.492 e. The Kier molecular flexibility index (Phi) is 9.01. The first-order valence-electron chi connectivity index (χ1n) is 11.8. The van der Waals surface area contributed by atoms with Crippen LogP contribution in [0.5, 0.6) is 5.75 Å². The van der Waals surface area contributed by atoms with Gasteiger partial charge in [0.15, 0.2) is 0 Å². The smallest absolute Gasteiger partial charge is 0.271 e. The predicted octanol–water partition coefficient (Wildman–Crippen LogP) is 5.32. The molecule has 0 fully saturated rings. The van der Waals surface area contributed by atoms with Crippen molar-refractivity contribution in [2.24, 2.45) is 0 Å². The molecule has 0 aliphatic heterocycles. The average Bonchev–Trinajstić information content (AvgIpc) is 2.85. The summed E-state index contributed by atoms with van der Waals surface area (Å²) in [6.07, 6.45) is 0.991. The van der Waals surface area contributed by atoms with E-state index in [9.17, 15) is 23.3 Å². The van der Waals surface area contributed by atoms with Gasteiger partial charge in [-0.1, -0.05) is 56.6 Å². The highest BCUT2D eigenvalue weighted by Crippen LogP contribution is 2.32. The number of ether oxygens (including phenoxy) is 1. The van der Waals surface area contributed by atoms with Gasteiger partial charge in [-0.15, -0.1) is 0 Å². The molecule has 3 rings (SSSR count). The summed E-state index contributed by atoms with van der Waals surface area (Å²) in [4.78, 5) is 23.0. The van der Waals surface area contributed by atoms with Gasteiger partial charge in [0, 0.05) is 17.7 Å². The lowest BCUT2D eigenvalue weighted by Gasteiger charge is -2.23. The van der Waals surface area contributed by atoms with E-state index in [0.717, 1.165) is 22.4 Å². The third kappa shape index (κ3) is 7.69. The molecule has 0 aromatic heterocycles. The van der Waals surface area contributed by atoms with Crippen LogP contribution in [0.25, 0.3) is 0 Å². The Morgan fingerprint density at radius 1 is 1.05 bits per heavy atom. The maximum Gasteiger partial charge on any atom is 0.271 e. The van der Waals surface area contributed by atoms with Crippen LogP contribution in [0.15, 0.2) is 66.7 Å². The van der Waals surface area contributed by atoms with Crippen LogP contribution in [0.1, 0.15) is 42.3 Å². The van der Waals surface area contributed by atoms with Crippen LogP contribution in [-0.4, -0.2) is 38.7 Å². The fourth-order valence-electron chi connectivity index (χ4n) is 3.60. The van der Waals surface area contributed by atoms with E-state index in [0.29, 0.717) is 24.3 Å². The molecule has 0 unspecified atom stereocenters. The Morgan fingerprint density at radius 3 is 2.24 bits per heavy atom. The number of rotatable bonds is 10. The van der Waals surface area contributed by atoms with Gasteiger partial charge in [0.05, 0.1) is 35.0 Å². The molecule has 0 aliphatic carbocycles. The number of nitrogens with one attached hydrogen (secondary N) is 1. The highest BCUT2D eigenvalue weighted by molar-refractivity contribution is 7.92.